The summed E-state index contributed by atoms with van der Waals surface area (Å²) in [5.41, 5.74) is 1.44. The Bertz CT molecular complexity index is 561. The molecule has 1 aromatic heterocycles. The first kappa shape index (κ1) is 9.98. The number of aromatic nitrogens is 2. The van der Waals surface area contributed by atoms with Gasteiger partial charge in [0.25, 0.3) is 0 Å². The van der Waals surface area contributed by atoms with E-state index in [0.29, 0.717) is 5.49 Å². The van der Waals surface area contributed by atoms with Gasteiger partial charge in [0.05, 0.1) is 5.52 Å². The molecule has 0 spiro atoms. The highest BCUT2D eigenvalue weighted by Crippen LogP contribution is 2.13. The standard InChI is InChI=1S/C10H10N4.ClH/c11-9-7-3-1-2-4-8(7)13-10-12-5-6-14(9)10;/h1-4,11H,5-6H2,(H,12,13);1H. The van der Waals surface area contributed by atoms with Crippen LogP contribution in [0.1, 0.15) is 0 Å². The Labute approximate surface area is 92.9 Å². The van der Waals surface area contributed by atoms with E-state index in [4.69, 9.17) is 5.41 Å². The number of nitrogens with one attached hydrogen (secondary N) is 2. The molecule has 0 unspecified atom stereocenters. The zero-order chi connectivity index (χ0) is 9.54. The van der Waals surface area contributed by atoms with Gasteiger partial charge < -0.3 is 5.32 Å². The van der Waals surface area contributed by atoms with Crippen LogP contribution in [0.15, 0.2) is 24.3 Å². The number of hydrogen-bond acceptors (Lipinski definition) is 3. The van der Waals surface area contributed by atoms with E-state index in [1.807, 2.05) is 28.8 Å². The second-order valence-electron chi connectivity index (χ2n) is 3.38. The fourth-order valence-electron chi connectivity index (χ4n) is 1.83. The van der Waals surface area contributed by atoms with Gasteiger partial charge in [0, 0.05) is 18.5 Å². The van der Waals surface area contributed by atoms with E-state index in [0.717, 1.165) is 29.9 Å². The largest absolute Gasteiger partial charge is 0.354 e. The number of benzene rings is 1. The minimum Gasteiger partial charge on any atom is -0.354 e. The Morgan fingerprint density at radius 1 is 1.33 bits per heavy atom. The lowest BCUT2D eigenvalue weighted by Crippen LogP contribution is -2.19. The molecule has 2 heterocycles. The maximum Gasteiger partial charge on any atom is 0.205 e. The maximum absolute atomic E-state index is 8.00. The van der Waals surface area contributed by atoms with Gasteiger partial charge in [-0.2, -0.15) is 0 Å². The highest BCUT2D eigenvalue weighted by atomic mass is 35.5. The monoisotopic (exact) mass is 222 g/mol. The summed E-state index contributed by atoms with van der Waals surface area (Å²) in [6, 6.07) is 7.77. The molecule has 1 aliphatic heterocycles. The topological polar surface area (TPSA) is 53.7 Å². The Morgan fingerprint density at radius 2 is 2.13 bits per heavy atom. The fraction of sp³-hybridized carbons (Fsp3) is 0.200. The van der Waals surface area contributed by atoms with Crippen molar-refractivity contribution in [3.8, 4) is 0 Å². The van der Waals surface area contributed by atoms with Crippen molar-refractivity contribution in [1.29, 1.82) is 5.41 Å². The van der Waals surface area contributed by atoms with Gasteiger partial charge in [-0.25, -0.2) is 4.98 Å². The summed E-state index contributed by atoms with van der Waals surface area (Å²) in [7, 11) is 0. The Hall–Kier alpha value is -1.55. The third kappa shape index (κ3) is 1.37. The van der Waals surface area contributed by atoms with Crippen LogP contribution in [0.25, 0.3) is 10.9 Å². The quantitative estimate of drug-likeness (QED) is 0.707. The van der Waals surface area contributed by atoms with Crippen LogP contribution in [0.3, 0.4) is 0 Å². The molecule has 0 fully saturated rings. The second-order valence-corrected chi connectivity index (χ2v) is 3.38. The molecule has 5 heteroatoms. The van der Waals surface area contributed by atoms with Crippen LogP contribution in [-0.4, -0.2) is 16.1 Å². The molecule has 3 rings (SSSR count). The minimum absolute atomic E-state index is 0. The molecule has 1 aliphatic rings. The zero-order valence-corrected chi connectivity index (χ0v) is 8.84. The van der Waals surface area contributed by atoms with Gasteiger partial charge in [0.2, 0.25) is 5.95 Å². The van der Waals surface area contributed by atoms with E-state index >= 15 is 0 Å². The number of halogens is 1. The Balaban J connectivity index is 0.000000853. The number of hydrogen-bond donors (Lipinski definition) is 2. The molecule has 0 saturated heterocycles. The molecular weight excluding hydrogens is 212 g/mol. The molecular formula is C10H11ClN4. The highest BCUT2D eigenvalue weighted by molar-refractivity contribution is 5.85. The van der Waals surface area contributed by atoms with Crippen LogP contribution in [0, 0.1) is 5.41 Å². The van der Waals surface area contributed by atoms with Gasteiger partial charge in [-0.1, -0.05) is 12.1 Å². The summed E-state index contributed by atoms with van der Waals surface area (Å²) in [5.74, 6) is 0.814. The van der Waals surface area contributed by atoms with Crippen LogP contribution >= 0.6 is 12.4 Å². The molecule has 0 bridgehead atoms. The number of para-hydroxylation sites is 1. The Kier molecular flexibility index (Phi) is 2.36. The van der Waals surface area contributed by atoms with Gasteiger partial charge in [0.1, 0.15) is 5.49 Å². The average molecular weight is 223 g/mol. The van der Waals surface area contributed by atoms with Crippen LogP contribution in [0.2, 0.25) is 0 Å². The molecule has 0 aliphatic carbocycles. The fourth-order valence-corrected chi connectivity index (χ4v) is 1.83. The number of nitrogens with zero attached hydrogens (tertiary/aromatic N) is 2. The first-order chi connectivity index (χ1) is 6.86. The van der Waals surface area contributed by atoms with Crippen molar-refractivity contribution in [1.82, 2.24) is 9.55 Å². The van der Waals surface area contributed by atoms with Crippen LogP contribution < -0.4 is 10.8 Å². The van der Waals surface area contributed by atoms with E-state index in [2.05, 4.69) is 10.3 Å². The van der Waals surface area contributed by atoms with Crippen molar-refractivity contribution in [3.05, 3.63) is 29.8 Å². The zero-order valence-electron chi connectivity index (χ0n) is 8.03. The lowest BCUT2D eigenvalue weighted by atomic mass is 10.2. The van der Waals surface area contributed by atoms with E-state index in [-0.39, 0.29) is 12.4 Å². The average Bonchev–Trinajstić information content (AvgIpc) is 2.66. The van der Waals surface area contributed by atoms with Crippen LogP contribution in [0.5, 0.6) is 0 Å². The van der Waals surface area contributed by atoms with E-state index in [9.17, 15) is 0 Å². The number of anilines is 1. The van der Waals surface area contributed by atoms with Crippen molar-refractivity contribution in [2.45, 2.75) is 6.54 Å². The number of rotatable bonds is 0. The van der Waals surface area contributed by atoms with Gasteiger partial charge >= 0.3 is 0 Å². The smallest absolute Gasteiger partial charge is 0.205 e. The lowest BCUT2D eigenvalue weighted by molar-refractivity contribution is 0.745. The molecule has 1 aromatic carbocycles. The number of fused-ring (bicyclic) bond motifs is 2. The third-order valence-electron chi connectivity index (χ3n) is 2.53. The molecule has 2 aromatic rings. The maximum atomic E-state index is 8.00. The molecule has 15 heavy (non-hydrogen) atoms. The van der Waals surface area contributed by atoms with Crippen LogP contribution in [0.4, 0.5) is 5.95 Å². The summed E-state index contributed by atoms with van der Waals surface area (Å²) in [6.45, 7) is 1.71. The lowest BCUT2D eigenvalue weighted by Gasteiger charge is -2.04. The van der Waals surface area contributed by atoms with E-state index in [1.165, 1.54) is 0 Å². The SMILES string of the molecule is Cl.N=c1c2ccccc2nc2n1CCN2. The highest BCUT2D eigenvalue weighted by Gasteiger charge is 2.12. The first-order valence-electron chi connectivity index (χ1n) is 4.64. The van der Waals surface area contributed by atoms with Crippen molar-refractivity contribution < 1.29 is 0 Å². The normalized spacial score (nSPS) is 13.1. The molecule has 0 atom stereocenters. The van der Waals surface area contributed by atoms with Gasteiger partial charge in [-0.15, -0.1) is 12.4 Å². The van der Waals surface area contributed by atoms with Crippen molar-refractivity contribution in [2.75, 3.05) is 11.9 Å². The van der Waals surface area contributed by atoms with Crippen molar-refractivity contribution >= 4 is 29.3 Å². The minimum atomic E-state index is 0. The summed E-state index contributed by atoms with van der Waals surface area (Å²) >= 11 is 0. The summed E-state index contributed by atoms with van der Waals surface area (Å²) in [5, 5.41) is 12.1. The summed E-state index contributed by atoms with van der Waals surface area (Å²) in [4.78, 5) is 4.45. The van der Waals surface area contributed by atoms with Gasteiger partial charge in [0.15, 0.2) is 0 Å². The molecule has 4 nitrogen and oxygen atoms in total. The van der Waals surface area contributed by atoms with Crippen molar-refractivity contribution in [3.63, 3.8) is 0 Å². The Morgan fingerprint density at radius 3 is 3.00 bits per heavy atom. The molecule has 0 amide bonds. The molecule has 2 N–H and O–H groups in total. The van der Waals surface area contributed by atoms with Gasteiger partial charge in [-0.05, 0) is 12.1 Å². The molecule has 0 saturated carbocycles. The van der Waals surface area contributed by atoms with Gasteiger partial charge in [-0.3, -0.25) is 9.98 Å². The second kappa shape index (κ2) is 3.55. The molecule has 0 radical (unpaired) electrons. The third-order valence-corrected chi connectivity index (χ3v) is 2.53. The van der Waals surface area contributed by atoms with Crippen molar-refractivity contribution in [2.24, 2.45) is 0 Å². The predicted molar refractivity (Wildman–Crippen MR) is 61.3 cm³/mol. The first-order valence-corrected chi connectivity index (χ1v) is 4.64. The predicted octanol–water partition coefficient (Wildman–Crippen LogP) is 1.36. The summed E-state index contributed by atoms with van der Waals surface area (Å²) < 4.78 is 1.91. The van der Waals surface area contributed by atoms with E-state index < -0.39 is 0 Å². The van der Waals surface area contributed by atoms with E-state index in [1.54, 1.807) is 0 Å². The molecule has 78 valence electrons. The summed E-state index contributed by atoms with van der Waals surface area (Å²) in [6.07, 6.45) is 0. The van der Waals surface area contributed by atoms with Crippen LogP contribution in [-0.2, 0) is 6.54 Å².